The van der Waals surface area contributed by atoms with Gasteiger partial charge in [-0.05, 0) is 19.3 Å². The Hall–Kier alpha value is -1.17. The Balaban J connectivity index is 2.35. The first kappa shape index (κ1) is 17.9. The monoisotopic (exact) mass is 314 g/mol. The fraction of sp³-hybridized carbons (Fsp3) is 0.733. The maximum absolute atomic E-state index is 12.0. The topological polar surface area (TPSA) is 69.6 Å². The Morgan fingerprint density at radius 2 is 2.10 bits per heavy atom. The van der Waals surface area contributed by atoms with Gasteiger partial charge in [0.05, 0.1) is 5.41 Å². The summed E-state index contributed by atoms with van der Waals surface area (Å²) in [4.78, 5) is 25.2. The number of hydrogen-bond donors (Lipinski definition) is 2. The average Bonchev–Trinajstić information content (AvgIpc) is 2.47. The van der Waals surface area contributed by atoms with Gasteiger partial charge in [-0.1, -0.05) is 19.4 Å². The molecule has 2 amide bonds. The Bertz CT molecular complexity index is 366. The van der Waals surface area contributed by atoms with E-state index in [2.05, 4.69) is 11.9 Å². The lowest BCUT2D eigenvalue weighted by Gasteiger charge is -2.38. The van der Waals surface area contributed by atoms with Crippen LogP contribution in [0.3, 0.4) is 0 Å². The summed E-state index contributed by atoms with van der Waals surface area (Å²) in [5.74, 6) is 1.03. The van der Waals surface area contributed by atoms with Crippen molar-refractivity contribution in [2.24, 2.45) is 5.41 Å². The van der Waals surface area contributed by atoms with Crippen molar-refractivity contribution in [3.8, 4) is 0 Å². The van der Waals surface area contributed by atoms with Gasteiger partial charge in [0.15, 0.2) is 0 Å². The molecule has 0 aromatic carbocycles. The predicted octanol–water partition coefficient (Wildman–Crippen LogP) is 2.58. The summed E-state index contributed by atoms with van der Waals surface area (Å²) in [6.45, 7) is 7.33. The quantitative estimate of drug-likeness (QED) is 0.534. The van der Waals surface area contributed by atoms with Gasteiger partial charge < -0.3 is 15.3 Å². The van der Waals surface area contributed by atoms with Crippen LogP contribution in [0.2, 0.25) is 0 Å². The van der Waals surface area contributed by atoms with Crippen LogP contribution in [-0.4, -0.2) is 53.1 Å². The molecule has 0 aromatic rings. The minimum absolute atomic E-state index is 0.0790. The summed E-state index contributed by atoms with van der Waals surface area (Å²) in [6.07, 6.45) is 4.50. The van der Waals surface area contributed by atoms with E-state index in [1.54, 1.807) is 16.7 Å². The van der Waals surface area contributed by atoms with Crippen LogP contribution in [0.25, 0.3) is 0 Å². The highest BCUT2D eigenvalue weighted by Crippen LogP contribution is 2.36. The molecule has 1 heterocycles. The minimum atomic E-state index is -0.717. The molecular weight excluding hydrogens is 288 g/mol. The van der Waals surface area contributed by atoms with Crippen LogP contribution in [0.1, 0.15) is 32.6 Å². The van der Waals surface area contributed by atoms with Crippen LogP contribution in [0.4, 0.5) is 4.79 Å². The molecule has 0 unspecified atom stereocenters. The second-order valence-corrected chi connectivity index (χ2v) is 6.57. The third-order valence-corrected chi connectivity index (χ3v) is 4.91. The van der Waals surface area contributed by atoms with E-state index in [1.165, 1.54) is 0 Å². The molecule has 1 aliphatic heterocycles. The molecule has 2 N–H and O–H groups in total. The minimum Gasteiger partial charge on any atom is -0.481 e. The fourth-order valence-electron chi connectivity index (χ4n) is 2.70. The maximum Gasteiger partial charge on any atom is 0.317 e. The standard InChI is InChI=1S/C15H26N2O3S/c1-3-5-15(13(18)19)6-9-17(10-7-15)14(20)16-8-12-21-11-4-2/h4H,2-3,5-12H2,1H3,(H,16,20)(H,18,19). The van der Waals surface area contributed by atoms with E-state index in [0.717, 1.165) is 17.9 Å². The number of hydrogen-bond acceptors (Lipinski definition) is 3. The number of carboxylic acids is 1. The summed E-state index contributed by atoms with van der Waals surface area (Å²) in [6, 6.07) is -0.0790. The number of piperidine rings is 1. The molecule has 21 heavy (non-hydrogen) atoms. The van der Waals surface area contributed by atoms with E-state index in [0.29, 0.717) is 38.9 Å². The third-order valence-electron chi connectivity index (χ3n) is 3.95. The summed E-state index contributed by atoms with van der Waals surface area (Å²) in [5, 5.41) is 12.3. The van der Waals surface area contributed by atoms with Crippen molar-refractivity contribution in [3.05, 3.63) is 12.7 Å². The van der Waals surface area contributed by atoms with E-state index >= 15 is 0 Å². The number of thioether (sulfide) groups is 1. The van der Waals surface area contributed by atoms with Gasteiger partial charge in [-0.2, -0.15) is 11.8 Å². The average molecular weight is 314 g/mol. The normalized spacial score (nSPS) is 17.3. The maximum atomic E-state index is 12.0. The second-order valence-electron chi connectivity index (χ2n) is 5.42. The lowest BCUT2D eigenvalue weighted by atomic mass is 9.75. The molecule has 1 aliphatic rings. The zero-order valence-electron chi connectivity index (χ0n) is 12.8. The van der Waals surface area contributed by atoms with Crippen molar-refractivity contribution < 1.29 is 14.7 Å². The number of aliphatic carboxylic acids is 1. The number of carboxylic acid groups (broad SMARTS) is 1. The van der Waals surface area contributed by atoms with Gasteiger partial charge in [0.2, 0.25) is 0 Å². The van der Waals surface area contributed by atoms with Crippen molar-refractivity contribution in [3.63, 3.8) is 0 Å². The van der Waals surface area contributed by atoms with Crippen molar-refractivity contribution in [2.75, 3.05) is 31.1 Å². The van der Waals surface area contributed by atoms with Crippen molar-refractivity contribution in [2.45, 2.75) is 32.6 Å². The molecule has 0 aliphatic carbocycles. The summed E-state index contributed by atoms with van der Waals surface area (Å²) < 4.78 is 0. The number of likely N-dealkylation sites (tertiary alicyclic amines) is 1. The van der Waals surface area contributed by atoms with Gasteiger partial charge in [0.1, 0.15) is 0 Å². The summed E-state index contributed by atoms with van der Waals surface area (Å²) in [7, 11) is 0. The highest BCUT2D eigenvalue weighted by Gasteiger charge is 2.41. The molecule has 6 heteroatoms. The first-order valence-electron chi connectivity index (χ1n) is 7.50. The van der Waals surface area contributed by atoms with Gasteiger partial charge in [-0.3, -0.25) is 4.79 Å². The molecule has 0 aromatic heterocycles. The van der Waals surface area contributed by atoms with Gasteiger partial charge in [-0.15, -0.1) is 6.58 Å². The molecule has 1 fully saturated rings. The molecule has 0 bridgehead atoms. The molecule has 0 atom stereocenters. The molecular formula is C15H26N2O3S. The number of carbonyl (C=O) groups excluding carboxylic acids is 1. The lowest BCUT2D eigenvalue weighted by Crippen LogP contribution is -2.49. The number of rotatable bonds is 8. The fourth-order valence-corrected chi connectivity index (χ4v) is 3.28. The molecule has 120 valence electrons. The highest BCUT2D eigenvalue weighted by molar-refractivity contribution is 7.99. The zero-order valence-corrected chi connectivity index (χ0v) is 13.6. The van der Waals surface area contributed by atoms with Crippen LogP contribution in [0, 0.1) is 5.41 Å². The van der Waals surface area contributed by atoms with Gasteiger partial charge in [0.25, 0.3) is 0 Å². The van der Waals surface area contributed by atoms with Gasteiger partial charge in [0, 0.05) is 31.1 Å². The van der Waals surface area contributed by atoms with Crippen LogP contribution in [0.5, 0.6) is 0 Å². The first-order valence-corrected chi connectivity index (χ1v) is 8.66. The Morgan fingerprint density at radius 3 is 2.62 bits per heavy atom. The summed E-state index contributed by atoms with van der Waals surface area (Å²) >= 11 is 1.72. The SMILES string of the molecule is C=CCSCCNC(=O)N1CCC(CCC)(C(=O)O)CC1. The first-order chi connectivity index (χ1) is 10.1. The smallest absolute Gasteiger partial charge is 0.317 e. The van der Waals surface area contributed by atoms with E-state index in [1.807, 2.05) is 13.0 Å². The van der Waals surface area contributed by atoms with Crippen molar-refractivity contribution >= 4 is 23.8 Å². The number of nitrogens with one attached hydrogen (secondary N) is 1. The Morgan fingerprint density at radius 1 is 1.43 bits per heavy atom. The van der Waals surface area contributed by atoms with Crippen LogP contribution in [0.15, 0.2) is 12.7 Å². The third kappa shape index (κ3) is 5.26. The number of amides is 2. The molecule has 0 saturated carbocycles. The Labute approximate surface area is 131 Å². The van der Waals surface area contributed by atoms with Crippen LogP contribution >= 0.6 is 11.8 Å². The van der Waals surface area contributed by atoms with Crippen LogP contribution < -0.4 is 5.32 Å². The second kappa shape index (κ2) is 8.97. The molecule has 1 rings (SSSR count). The largest absolute Gasteiger partial charge is 0.481 e. The van der Waals surface area contributed by atoms with E-state index in [9.17, 15) is 14.7 Å². The molecule has 0 spiro atoms. The molecule has 1 saturated heterocycles. The molecule has 0 radical (unpaired) electrons. The zero-order chi connectivity index (χ0) is 15.7. The number of nitrogens with zero attached hydrogens (tertiary/aromatic N) is 1. The predicted molar refractivity (Wildman–Crippen MR) is 86.7 cm³/mol. The lowest BCUT2D eigenvalue weighted by molar-refractivity contribution is -0.152. The number of carbonyl (C=O) groups is 2. The summed E-state index contributed by atoms with van der Waals surface area (Å²) in [5.41, 5.74) is -0.634. The number of urea groups is 1. The van der Waals surface area contributed by atoms with Crippen molar-refractivity contribution in [1.29, 1.82) is 0 Å². The van der Waals surface area contributed by atoms with E-state index in [4.69, 9.17) is 0 Å². The van der Waals surface area contributed by atoms with Crippen molar-refractivity contribution in [1.82, 2.24) is 10.2 Å². The molecule has 5 nitrogen and oxygen atoms in total. The highest BCUT2D eigenvalue weighted by atomic mass is 32.2. The van der Waals surface area contributed by atoms with Crippen LogP contribution in [-0.2, 0) is 4.79 Å². The Kier molecular flexibility index (Phi) is 7.64. The van der Waals surface area contributed by atoms with E-state index < -0.39 is 11.4 Å². The van der Waals surface area contributed by atoms with E-state index in [-0.39, 0.29) is 6.03 Å². The van der Waals surface area contributed by atoms with Gasteiger partial charge >= 0.3 is 12.0 Å². The van der Waals surface area contributed by atoms with Gasteiger partial charge in [-0.25, -0.2) is 4.79 Å².